The fourth-order valence-electron chi connectivity index (χ4n) is 3.01. The van der Waals surface area contributed by atoms with Gasteiger partial charge in [0.25, 0.3) is 0 Å². The smallest absolute Gasteiger partial charge is 0.0991 e. The summed E-state index contributed by atoms with van der Waals surface area (Å²) in [5.41, 5.74) is 2.18. The summed E-state index contributed by atoms with van der Waals surface area (Å²) in [7, 11) is 0. The molecule has 0 unspecified atom stereocenters. The van der Waals surface area contributed by atoms with E-state index in [1.54, 1.807) is 0 Å². The molecule has 0 aliphatic heterocycles. The lowest BCUT2D eigenvalue weighted by atomic mass is 9.81. The van der Waals surface area contributed by atoms with Gasteiger partial charge >= 0.3 is 0 Å². The maximum Gasteiger partial charge on any atom is 0.0991 e. The zero-order chi connectivity index (χ0) is 12.4. The second-order valence-corrected chi connectivity index (χ2v) is 5.72. The minimum Gasteiger partial charge on any atom is -0.311 e. The Kier molecular flexibility index (Phi) is 3.34. The van der Waals surface area contributed by atoms with Crippen molar-refractivity contribution in [1.29, 1.82) is 5.26 Å². The van der Waals surface area contributed by atoms with E-state index >= 15 is 0 Å². The molecule has 0 atom stereocenters. The average molecular weight is 240 g/mol. The van der Waals surface area contributed by atoms with Crippen molar-refractivity contribution in [3.8, 4) is 6.07 Å². The van der Waals surface area contributed by atoms with Crippen molar-refractivity contribution in [1.82, 2.24) is 5.32 Å². The van der Waals surface area contributed by atoms with Crippen LogP contribution >= 0.6 is 0 Å². The highest BCUT2D eigenvalue weighted by Crippen LogP contribution is 2.34. The summed E-state index contributed by atoms with van der Waals surface area (Å²) in [6.07, 6.45) is 7.96. The van der Waals surface area contributed by atoms with Gasteiger partial charge in [0.1, 0.15) is 0 Å². The highest BCUT2D eigenvalue weighted by atomic mass is 15.0. The Morgan fingerprint density at radius 1 is 0.889 bits per heavy atom. The van der Waals surface area contributed by atoms with Crippen LogP contribution in [-0.2, 0) is 0 Å². The van der Waals surface area contributed by atoms with Crippen LogP contribution in [0.4, 0.5) is 0 Å². The summed E-state index contributed by atoms with van der Waals surface area (Å²) in [5.74, 6) is 0.704. The van der Waals surface area contributed by atoms with Crippen molar-refractivity contribution in [2.24, 2.45) is 0 Å². The van der Waals surface area contributed by atoms with Gasteiger partial charge in [0.15, 0.2) is 0 Å². The van der Waals surface area contributed by atoms with Crippen molar-refractivity contribution in [2.75, 3.05) is 0 Å². The molecular weight excluding hydrogens is 220 g/mol. The average Bonchev–Trinajstić information content (AvgIpc) is 3.24. The van der Waals surface area contributed by atoms with E-state index in [9.17, 15) is 0 Å². The van der Waals surface area contributed by atoms with Gasteiger partial charge < -0.3 is 5.32 Å². The third-order valence-corrected chi connectivity index (χ3v) is 4.29. The monoisotopic (exact) mass is 240 g/mol. The predicted octanol–water partition coefficient (Wildman–Crippen LogP) is 3.34. The molecule has 1 aromatic carbocycles. The molecular formula is C16H20N2. The normalized spacial score (nSPS) is 27.7. The van der Waals surface area contributed by atoms with Crippen molar-refractivity contribution in [3.63, 3.8) is 0 Å². The fraction of sp³-hybridized carbons (Fsp3) is 0.562. The van der Waals surface area contributed by atoms with Gasteiger partial charge in [0.05, 0.1) is 11.6 Å². The molecule has 0 heterocycles. The van der Waals surface area contributed by atoms with E-state index in [-0.39, 0.29) is 0 Å². The molecule has 1 aromatic rings. The van der Waals surface area contributed by atoms with Crippen LogP contribution in [0.1, 0.15) is 55.6 Å². The first-order valence-corrected chi connectivity index (χ1v) is 7.11. The predicted molar refractivity (Wildman–Crippen MR) is 72.3 cm³/mol. The zero-order valence-electron chi connectivity index (χ0n) is 10.7. The van der Waals surface area contributed by atoms with Gasteiger partial charge in [-0.25, -0.2) is 0 Å². The van der Waals surface area contributed by atoms with Gasteiger partial charge in [-0.1, -0.05) is 12.1 Å². The number of benzene rings is 1. The molecule has 0 radical (unpaired) electrons. The molecule has 2 aliphatic rings. The Bertz CT molecular complexity index is 431. The standard InChI is InChI=1S/C16H20N2/c17-11-12-1-3-13(4-2-12)14-5-7-15(8-6-14)18-16-9-10-16/h1-4,14-16,18H,5-10H2. The quantitative estimate of drug-likeness (QED) is 0.879. The molecule has 0 saturated heterocycles. The summed E-state index contributed by atoms with van der Waals surface area (Å²) in [6, 6.07) is 11.9. The third kappa shape index (κ3) is 2.73. The molecule has 0 spiro atoms. The first-order valence-electron chi connectivity index (χ1n) is 7.11. The Labute approximate surface area is 109 Å². The van der Waals surface area contributed by atoms with Crippen molar-refractivity contribution < 1.29 is 0 Å². The zero-order valence-corrected chi connectivity index (χ0v) is 10.7. The van der Waals surface area contributed by atoms with Crippen molar-refractivity contribution in [2.45, 2.75) is 56.5 Å². The molecule has 2 saturated carbocycles. The summed E-state index contributed by atoms with van der Waals surface area (Å²) >= 11 is 0. The van der Waals surface area contributed by atoms with Gasteiger partial charge in [-0.05, 0) is 62.1 Å². The second-order valence-electron chi connectivity index (χ2n) is 5.72. The van der Waals surface area contributed by atoms with Crippen LogP contribution in [0.2, 0.25) is 0 Å². The molecule has 3 rings (SSSR count). The van der Waals surface area contributed by atoms with Crippen LogP contribution < -0.4 is 5.32 Å². The minimum atomic E-state index is 0.704. The molecule has 2 nitrogen and oxygen atoms in total. The van der Waals surface area contributed by atoms with Crippen molar-refractivity contribution in [3.05, 3.63) is 35.4 Å². The number of hydrogen-bond donors (Lipinski definition) is 1. The van der Waals surface area contributed by atoms with Crippen LogP contribution in [0.3, 0.4) is 0 Å². The molecule has 0 bridgehead atoms. The maximum atomic E-state index is 8.81. The highest BCUT2D eigenvalue weighted by Gasteiger charge is 2.28. The number of nitrogens with zero attached hydrogens (tertiary/aromatic N) is 1. The molecule has 1 N–H and O–H groups in total. The topological polar surface area (TPSA) is 35.8 Å². The molecule has 0 amide bonds. The Morgan fingerprint density at radius 2 is 1.44 bits per heavy atom. The van der Waals surface area contributed by atoms with E-state index in [0.717, 1.165) is 17.6 Å². The van der Waals surface area contributed by atoms with E-state index < -0.39 is 0 Å². The van der Waals surface area contributed by atoms with Crippen LogP contribution in [0, 0.1) is 11.3 Å². The van der Waals surface area contributed by atoms with E-state index in [4.69, 9.17) is 5.26 Å². The van der Waals surface area contributed by atoms with Crippen LogP contribution in [0.5, 0.6) is 0 Å². The van der Waals surface area contributed by atoms with Gasteiger partial charge in [0.2, 0.25) is 0 Å². The van der Waals surface area contributed by atoms with E-state index in [0.29, 0.717) is 5.92 Å². The summed E-state index contributed by atoms with van der Waals surface area (Å²) in [5, 5.41) is 12.5. The van der Waals surface area contributed by atoms with Gasteiger partial charge in [0, 0.05) is 12.1 Å². The van der Waals surface area contributed by atoms with Crippen LogP contribution in [0.25, 0.3) is 0 Å². The minimum absolute atomic E-state index is 0.704. The Balaban J connectivity index is 1.56. The molecule has 2 heteroatoms. The number of hydrogen-bond acceptors (Lipinski definition) is 2. The highest BCUT2D eigenvalue weighted by molar-refractivity contribution is 5.33. The maximum absolute atomic E-state index is 8.81. The summed E-state index contributed by atoms with van der Waals surface area (Å²) < 4.78 is 0. The second kappa shape index (κ2) is 5.12. The molecule has 0 aromatic heterocycles. The molecule has 94 valence electrons. The Morgan fingerprint density at radius 3 is 1.94 bits per heavy atom. The summed E-state index contributed by atoms with van der Waals surface area (Å²) in [6.45, 7) is 0. The lowest BCUT2D eigenvalue weighted by Gasteiger charge is -2.29. The van der Waals surface area contributed by atoms with E-state index in [1.807, 2.05) is 12.1 Å². The van der Waals surface area contributed by atoms with Crippen LogP contribution in [0.15, 0.2) is 24.3 Å². The van der Waals surface area contributed by atoms with E-state index in [1.165, 1.54) is 44.1 Å². The number of nitriles is 1. The lowest BCUT2D eigenvalue weighted by molar-refractivity contribution is 0.341. The lowest BCUT2D eigenvalue weighted by Crippen LogP contribution is -2.34. The molecule has 2 aliphatic carbocycles. The van der Waals surface area contributed by atoms with Gasteiger partial charge in [-0.15, -0.1) is 0 Å². The first kappa shape index (κ1) is 11.7. The number of nitrogens with one attached hydrogen (secondary N) is 1. The summed E-state index contributed by atoms with van der Waals surface area (Å²) in [4.78, 5) is 0. The molecule has 18 heavy (non-hydrogen) atoms. The number of rotatable bonds is 3. The van der Waals surface area contributed by atoms with Gasteiger partial charge in [-0.2, -0.15) is 5.26 Å². The fourth-order valence-corrected chi connectivity index (χ4v) is 3.01. The molecule has 2 fully saturated rings. The van der Waals surface area contributed by atoms with Crippen molar-refractivity contribution >= 4 is 0 Å². The SMILES string of the molecule is N#Cc1ccc(C2CCC(NC3CC3)CC2)cc1. The van der Waals surface area contributed by atoms with E-state index in [2.05, 4.69) is 23.5 Å². The first-order chi connectivity index (χ1) is 8.85. The Hall–Kier alpha value is -1.33. The third-order valence-electron chi connectivity index (χ3n) is 4.29. The van der Waals surface area contributed by atoms with Gasteiger partial charge in [-0.3, -0.25) is 0 Å². The van der Waals surface area contributed by atoms with Crippen LogP contribution in [-0.4, -0.2) is 12.1 Å². The largest absolute Gasteiger partial charge is 0.311 e.